The third kappa shape index (κ3) is 3.11. The van der Waals surface area contributed by atoms with E-state index in [0.29, 0.717) is 12.0 Å². The van der Waals surface area contributed by atoms with E-state index in [-0.39, 0.29) is 5.60 Å². The highest BCUT2D eigenvalue weighted by Crippen LogP contribution is 2.46. The van der Waals surface area contributed by atoms with Gasteiger partial charge in [-0.15, -0.1) is 0 Å². The van der Waals surface area contributed by atoms with Gasteiger partial charge in [0.05, 0.1) is 0 Å². The number of ether oxygens (including phenoxy) is 1. The minimum Gasteiger partial charge on any atom is -0.373 e. The van der Waals surface area contributed by atoms with Crippen molar-refractivity contribution in [2.75, 3.05) is 19.0 Å². The molecule has 1 aromatic rings. The summed E-state index contributed by atoms with van der Waals surface area (Å²) in [5.74, 6) is 1.72. The maximum Gasteiger partial charge on any atom is 0.162 e. The molecule has 2 rings (SSSR count). The average molecular weight is 277 g/mol. The van der Waals surface area contributed by atoms with Gasteiger partial charge in [0.25, 0.3) is 0 Å². The van der Waals surface area contributed by atoms with Crippen LogP contribution >= 0.6 is 0 Å². The molecule has 1 heterocycles. The van der Waals surface area contributed by atoms with E-state index in [4.69, 9.17) is 4.74 Å². The molecule has 1 aliphatic carbocycles. The molecule has 20 heavy (non-hydrogen) atoms. The third-order valence-electron chi connectivity index (χ3n) is 4.35. The number of aryl methyl sites for hydroxylation is 1. The second kappa shape index (κ2) is 5.68. The highest BCUT2D eigenvalue weighted by atomic mass is 16.5. The van der Waals surface area contributed by atoms with Crippen LogP contribution in [0, 0.1) is 12.3 Å². The van der Waals surface area contributed by atoms with Crippen LogP contribution in [0.4, 0.5) is 5.82 Å². The zero-order valence-corrected chi connectivity index (χ0v) is 13.4. The lowest BCUT2D eigenvalue weighted by molar-refractivity contribution is -0.0948. The van der Waals surface area contributed by atoms with Crippen LogP contribution in [0.25, 0.3) is 0 Å². The normalized spacial score (nSPS) is 20.6. The summed E-state index contributed by atoms with van der Waals surface area (Å²) in [6.07, 6.45) is 4.30. The number of rotatable bonds is 4. The van der Waals surface area contributed by atoms with E-state index in [1.807, 2.05) is 20.0 Å². The van der Waals surface area contributed by atoms with Crippen molar-refractivity contribution in [3.05, 3.63) is 17.6 Å². The van der Waals surface area contributed by atoms with Gasteiger partial charge in [0.2, 0.25) is 0 Å². The predicted molar refractivity (Wildman–Crippen MR) is 81.9 cm³/mol. The second-order valence-corrected chi connectivity index (χ2v) is 6.56. The first kappa shape index (κ1) is 15.2. The number of hydrogen-bond acceptors (Lipinski definition) is 4. The first-order chi connectivity index (χ1) is 9.41. The fourth-order valence-corrected chi connectivity index (χ4v) is 2.94. The Morgan fingerprint density at radius 1 is 1.20 bits per heavy atom. The van der Waals surface area contributed by atoms with Gasteiger partial charge in [-0.2, -0.15) is 0 Å². The largest absolute Gasteiger partial charge is 0.373 e. The highest BCUT2D eigenvalue weighted by Gasteiger charge is 2.42. The molecule has 0 atom stereocenters. The fourth-order valence-electron chi connectivity index (χ4n) is 2.94. The molecule has 0 unspecified atom stereocenters. The van der Waals surface area contributed by atoms with Gasteiger partial charge >= 0.3 is 0 Å². The van der Waals surface area contributed by atoms with E-state index < -0.39 is 0 Å². The molecule has 4 nitrogen and oxygen atoms in total. The molecule has 4 heteroatoms. The summed E-state index contributed by atoms with van der Waals surface area (Å²) < 4.78 is 6.15. The molecule has 0 amide bonds. The zero-order chi connectivity index (χ0) is 14.8. The summed E-state index contributed by atoms with van der Waals surface area (Å²) in [7, 11) is 1.89. The Labute approximate surface area is 122 Å². The summed E-state index contributed by atoms with van der Waals surface area (Å²) in [5.41, 5.74) is 1.08. The predicted octanol–water partition coefficient (Wildman–Crippen LogP) is 3.66. The highest BCUT2D eigenvalue weighted by molar-refractivity contribution is 5.35. The Bertz CT molecular complexity index is 461. The number of hydrogen-bond donors (Lipinski definition) is 1. The van der Waals surface area contributed by atoms with Crippen molar-refractivity contribution in [1.29, 1.82) is 0 Å². The van der Waals surface area contributed by atoms with Gasteiger partial charge in [0, 0.05) is 25.4 Å². The van der Waals surface area contributed by atoms with Crippen molar-refractivity contribution in [2.45, 2.75) is 59.0 Å². The summed E-state index contributed by atoms with van der Waals surface area (Å²) >= 11 is 0. The molecule has 0 saturated heterocycles. The topological polar surface area (TPSA) is 47.0 Å². The van der Waals surface area contributed by atoms with Crippen molar-refractivity contribution >= 4 is 5.82 Å². The van der Waals surface area contributed by atoms with Gasteiger partial charge in [-0.3, -0.25) is 0 Å². The zero-order valence-electron chi connectivity index (χ0n) is 13.4. The van der Waals surface area contributed by atoms with Crippen LogP contribution in [0.15, 0.2) is 6.07 Å². The number of nitrogens with one attached hydrogen (secondary N) is 1. The lowest BCUT2D eigenvalue weighted by Gasteiger charge is -2.42. The Morgan fingerprint density at radius 3 is 2.40 bits per heavy atom. The molecule has 0 aliphatic heterocycles. The Morgan fingerprint density at radius 2 is 1.85 bits per heavy atom. The van der Waals surface area contributed by atoms with Crippen LogP contribution in [0.3, 0.4) is 0 Å². The van der Waals surface area contributed by atoms with E-state index in [9.17, 15) is 0 Å². The quantitative estimate of drug-likeness (QED) is 0.912. The number of nitrogens with zero attached hydrogens (tertiary/aromatic N) is 2. The molecule has 1 saturated carbocycles. The Hall–Kier alpha value is -1.16. The molecule has 1 aromatic heterocycles. The van der Waals surface area contributed by atoms with Gasteiger partial charge in [-0.05, 0) is 44.9 Å². The number of aromatic nitrogens is 2. The maximum absolute atomic E-state index is 6.15. The molecule has 112 valence electrons. The van der Waals surface area contributed by atoms with Crippen LogP contribution in [0.2, 0.25) is 0 Å². The average Bonchev–Trinajstić information content (AvgIpc) is 2.41. The molecule has 1 aliphatic rings. The fraction of sp³-hybridized carbons (Fsp3) is 0.750. The van der Waals surface area contributed by atoms with Gasteiger partial charge in [0.15, 0.2) is 5.82 Å². The summed E-state index contributed by atoms with van der Waals surface area (Å²) in [4.78, 5) is 9.33. The standard InChI is InChI=1S/C16H27N3O/c1-6-20-16(9-7-15(3,4)8-10-16)14-18-12(2)11-13(17-5)19-14/h11H,6-10H2,1-5H3,(H,17,18,19). The van der Waals surface area contributed by atoms with Crippen molar-refractivity contribution in [3.63, 3.8) is 0 Å². The molecule has 0 spiro atoms. The smallest absolute Gasteiger partial charge is 0.162 e. The van der Waals surface area contributed by atoms with Gasteiger partial charge in [0.1, 0.15) is 11.4 Å². The maximum atomic E-state index is 6.15. The summed E-state index contributed by atoms with van der Waals surface area (Å²) in [5, 5.41) is 3.12. The lowest BCUT2D eigenvalue weighted by Crippen LogP contribution is -2.39. The molecule has 1 fully saturated rings. The van der Waals surface area contributed by atoms with Crippen molar-refractivity contribution < 1.29 is 4.74 Å². The Kier molecular flexibility index (Phi) is 4.33. The third-order valence-corrected chi connectivity index (χ3v) is 4.35. The lowest BCUT2D eigenvalue weighted by atomic mass is 9.70. The minimum absolute atomic E-state index is 0.304. The van der Waals surface area contributed by atoms with Crippen LogP contribution in [-0.4, -0.2) is 23.6 Å². The molecule has 0 aromatic carbocycles. The van der Waals surface area contributed by atoms with Crippen molar-refractivity contribution in [3.8, 4) is 0 Å². The van der Waals surface area contributed by atoms with E-state index >= 15 is 0 Å². The van der Waals surface area contributed by atoms with Crippen LogP contribution in [0.1, 0.15) is 58.0 Å². The molecular weight excluding hydrogens is 250 g/mol. The molecule has 0 bridgehead atoms. The summed E-state index contributed by atoms with van der Waals surface area (Å²) in [6.45, 7) is 9.43. The molecule has 0 radical (unpaired) electrons. The second-order valence-electron chi connectivity index (χ2n) is 6.56. The van der Waals surface area contributed by atoms with Gasteiger partial charge in [-0.25, -0.2) is 9.97 Å². The van der Waals surface area contributed by atoms with E-state index in [1.54, 1.807) is 0 Å². The SMILES string of the molecule is CCOC1(c2nc(C)cc(NC)n2)CCC(C)(C)CC1. The van der Waals surface area contributed by atoms with Crippen LogP contribution in [0.5, 0.6) is 0 Å². The first-order valence-electron chi connectivity index (χ1n) is 7.59. The number of anilines is 1. The Balaban J connectivity index is 2.36. The van der Waals surface area contributed by atoms with Gasteiger partial charge < -0.3 is 10.1 Å². The summed E-state index contributed by atoms with van der Waals surface area (Å²) in [6, 6.07) is 1.97. The van der Waals surface area contributed by atoms with Gasteiger partial charge in [-0.1, -0.05) is 13.8 Å². The van der Waals surface area contributed by atoms with E-state index in [2.05, 4.69) is 36.1 Å². The van der Waals surface area contributed by atoms with Crippen molar-refractivity contribution in [1.82, 2.24) is 9.97 Å². The van der Waals surface area contributed by atoms with Crippen LogP contribution < -0.4 is 5.32 Å². The molecule has 1 N–H and O–H groups in total. The van der Waals surface area contributed by atoms with Crippen molar-refractivity contribution in [2.24, 2.45) is 5.41 Å². The molecular formula is C16H27N3O. The minimum atomic E-state index is -0.304. The van der Waals surface area contributed by atoms with E-state index in [0.717, 1.165) is 43.0 Å². The monoisotopic (exact) mass is 277 g/mol. The van der Waals surface area contributed by atoms with E-state index in [1.165, 1.54) is 0 Å². The van der Waals surface area contributed by atoms with Crippen LogP contribution in [-0.2, 0) is 10.3 Å². The first-order valence-corrected chi connectivity index (χ1v) is 7.59.